The average Bonchev–Trinajstić information content (AvgIpc) is 2.91. The Kier molecular flexibility index (Phi) is 4.81. The maximum absolute atomic E-state index is 3.24. The quantitative estimate of drug-likeness (QED) is 0.791. The molecule has 100 valence electrons. The van der Waals surface area contributed by atoms with Crippen molar-refractivity contribution in [2.24, 2.45) is 0 Å². The summed E-state index contributed by atoms with van der Waals surface area (Å²) >= 11 is 0. The molecule has 2 aromatic heterocycles. The summed E-state index contributed by atoms with van der Waals surface area (Å²) in [6.45, 7) is 14.0. The van der Waals surface area contributed by atoms with Crippen LogP contribution in [-0.4, -0.2) is 26.1 Å². The molecule has 4 heteroatoms. The Morgan fingerprint density at radius 1 is 0.667 bits per heavy atom. The van der Waals surface area contributed by atoms with Crippen LogP contribution in [0.1, 0.15) is 0 Å². The average molecular weight is 279 g/mol. The highest BCUT2D eigenvalue weighted by Crippen LogP contribution is 1.99. The number of rotatable bonds is 2. The summed E-state index contributed by atoms with van der Waals surface area (Å²) < 4.78 is 0. The van der Waals surface area contributed by atoms with Crippen LogP contribution in [0.5, 0.6) is 0 Å². The molecule has 0 atom stereocenters. The van der Waals surface area contributed by atoms with E-state index in [9.17, 15) is 0 Å². The highest BCUT2D eigenvalue weighted by Gasteiger charge is 2.16. The Morgan fingerprint density at radius 3 is 1.11 bits per heavy atom. The molecule has 18 heavy (non-hydrogen) atoms. The van der Waals surface area contributed by atoms with E-state index in [1.807, 2.05) is 12.4 Å². The van der Waals surface area contributed by atoms with Gasteiger partial charge in [0.2, 0.25) is 0 Å². The number of hydrogen-bond donors (Lipinski definition) is 2. The minimum atomic E-state index is -1.04. The lowest BCUT2D eigenvalue weighted by Gasteiger charge is -2.12. The van der Waals surface area contributed by atoms with Gasteiger partial charge in [0.1, 0.15) is 0 Å². The van der Waals surface area contributed by atoms with Crippen molar-refractivity contribution in [3.05, 3.63) is 36.7 Å². The molecule has 0 spiro atoms. The minimum absolute atomic E-state index is 1.04. The first-order valence-electron chi connectivity index (χ1n) is 6.49. The van der Waals surface area contributed by atoms with Crippen LogP contribution in [0.15, 0.2) is 36.7 Å². The Bertz CT molecular complexity index is 387. The molecule has 0 bridgehead atoms. The van der Waals surface area contributed by atoms with Gasteiger partial charge >= 0.3 is 0 Å². The number of hydrogen-bond acceptors (Lipinski definition) is 0. The van der Waals surface area contributed by atoms with Crippen molar-refractivity contribution in [1.29, 1.82) is 0 Å². The molecule has 0 fully saturated rings. The SMILES string of the molecule is C[Si](C)(C)c1ccc[nH]1.C[Si](C)(C)c1ccc[nH]1. The van der Waals surface area contributed by atoms with E-state index in [1.54, 1.807) is 0 Å². The predicted molar refractivity (Wildman–Crippen MR) is 87.5 cm³/mol. The van der Waals surface area contributed by atoms with Gasteiger partial charge in [-0.15, -0.1) is 0 Å². The van der Waals surface area contributed by atoms with Gasteiger partial charge in [0, 0.05) is 12.4 Å². The van der Waals surface area contributed by atoms with Gasteiger partial charge in [-0.2, -0.15) is 0 Å². The van der Waals surface area contributed by atoms with E-state index < -0.39 is 16.1 Å². The first kappa shape index (κ1) is 15.1. The van der Waals surface area contributed by atoms with Crippen molar-refractivity contribution in [2.45, 2.75) is 39.3 Å². The molecular weight excluding hydrogens is 252 g/mol. The number of aromatic nitrogens is 2. The molecule has 0 saturated carbocycles. The van der Waals surface area contributed by atoms with Gasteiger partial charge in [0.25, 0.3) is 0 Å². The number of H-pyrrole nitrogens is 2. The van der Waals surface area contributed by atoms with E-state index in [4.69, 9.17) is 0 Å². The highest BCUT2D eigenvalue weighted by molar-refractivity contribution is 6.88. The molecule has 0 saturated heterocycles. The van der Waals surface area contributed by atoms with Gasteiger partial charge in [0.15, 0.2) is 0 Å². The van der Waals surface area contributed by atoms with Crippen LogP contribution < -0.4 is 10.6 Å². The zero-order valence-corrected chi connectivity index (χ0v) is 14.5. The molecule has 0 unspecified atom stereocenters. The lowest BCUT2D eigenvalue weighted by molar-refractivity contribution is 1.44. The standard InChI is InChI=1S/2C7H13NSi/c2*1-9(2,3)7-5-4-6-8-7/h2*4-6,8H,1-3H3. The van der Waals surface area contributed by atoms with E-state index in [0.717, 1.165) is 0 Å². The molecule has 0 radical (unpaired) electrons. The fourth-order valence-electron chi connectivity index (χ4n) is 1.59. The summed E-state index contributed by atoms with van der Waals surface area (Å²) in [5.74, 6) is 0. The van der Waals surface area contributed by atoms with Crippen molar-refractivity contribution in [2.75, 3.05) is 0 Å². The van der Waals surface area contributed by atoms with Crippen LogP contribution in [0, 0.1) is 0 Å². The number of aromatic amines is 2. The Labute approximate surface area is 113 Å². The van der Waals surface area contributed by atoms with Crippen molar-refractivity contribution in [3.63, 3.8) is 0 Å². The second-order valence-electron chi connectivity index (χ2n) is 6.67. The molecule has 2 aromatic rings. The Morgan fingerprint density at radius 2 is 1.00 bits per heavy atom. The second-order valence-corrected chi connectivity index (χ2v) is 16.7. The summed E-state index contributed by atoms with van der Waals surface area (Å²) in [7, 11) is -2.07. The van der Waals surface area contributed by atoms with Crippen LogP contribution in [0.25, 0.3) is 0 Å². The van der Waals surface area contributed by atoms with Crippen molar-refractivity contribution < 1.29 is 0 Å². The predicted octanol–water partition coefficient (Wildman–Crippen LogP) is 3.12. The third kappa shape index (κ3) is 4.70. The normalized spacial score (nSPS) is 11.9. The molecule has 2 N–H and O–H groups in total. The summed E-state index contributed by atoms with van der Waals surface area (Å²) in [6, 6.07) is 8.47. The van der Waals surface area contributed by atoms with Crippen LogP contribution in [0.4, 0.5) is 0 Å². The molecule has 0 amide bonds. The zero-order valence-electron chi connectivity index (χ0n) is 12.5. The Balaban J connectivity index is 0.000000180. The highest BCUT2D eigenvalue weighted by atomic mass is 28.3. The molecule has 2 rings (SSSR count). The topological polar surface area (TPSA) is 31.6 Å². The summed E-state index contributed by atoms with van der Waals surface area (Å²) in [6.07, 6.45) is 3.99. The van der Waals surface area contributed by atoms with Gasteiger partial charge < -0.3 is 9.97 Å². The van der Waals surface area contributed by atoms with Gasteiger partial charge in [-0.1, -0.05) is 39.3 Å². The smallest absolute Gasteiger partial charge is 0.0981 e. The van der Waals surface area contributed by atoms with E-state index in [2.05, 4.69) is 73.5 Å². The summed E-state index contributed by atoms with van der Waals surface area (Å²) in [5, 5.41) is 2.87. The first-order valence-corrected chi connectivity index (χ1v) is 13.5. The third-order valence-electron chi connectivity index (χ3n) is 2.81. The summed E-state index contributed by atoms with van der Waals surface area (Å²) in [4.78, 5) is 6.48. The molecule has 0 aliphatic carbocycles. The molecule has 2 nitrogen and oxygen atoms in total. The zero-order chi connectivity index (χ0) is 13.8. The maximum Gasteiger partial charge on any atom is 0.0981 e. The molecular formula is C14H26N2Si2. The van der Waals surface area contributed by atoms with E-state index >= 15 is 0 Å². The molecule has 2 heterocycles. The van der Waals surface area contributed by atoms with Gasteiger partial charge in [-0.05, 0) is 34.9 Å². The Hall–Kier alpha value is -1.01. The largest absolute Gasteiger partial charge is 0.369 e. The fraction of sp³-hybridized carbons (Fsp3) is 0.429. The van der Waals surface area contributed by atoms with Crippen molar-refractivity contribution in [1.82, 2.24) is 9.97 Å². The van der Waals surface area contributed by atoms with Crippen molar-refractivity contribution in [3.8, 4) is 0 Å². The monoisotopic (exact) mass is 278 g/mol. The lowest BCUT2D eigenvalue weighted by atomic mass is 10.7. The van der Waals surface area contributed by atoms with E-state index in [1.165, 1.54) is 10.6 Å². The minimum Gasteiger partial charge on any atom is -0.369 e. The third-order valence-corrected chi connectivity index (χ3v) is 6.67. The van der Waals surface area contributed by atoms with Crippen LogP contribution in [0.3, 0.4) is 0 Å². The van der Waals surface area contributed by atoms with E-state index in [-0.39, 0.29) is 0 Å². The maximum atomic E-state index is 3.24. The van der Waals surface area contributed by atoms with Gasteiger partial charge in [0.05, 0.1) is 16.1 Å². The van der Waals surface area contributed by atoms with Crippen LogP contribution >= 0.6 is 0 Å². The van der Waals surface area contributed by atoms with Gasteiger partial charge in [-0.25, -0.2) is 0 Å². The van der Waals surface area contributed by atoms with Crippen LogP contribution in [-0.2, 0) is 0 Å². The second kappa shape index (κ2) is 5.76. The first-order chi connectivity index (χ1) is 8.21. The fourth-order valence-corrected chi connectivity index (χ4v) is 3.82. The van der Waals surface area contributed by atoms with Gasteiger partial charge in [-0.3, -0.25) is 0 Å². The van der Waals surface area contributed by atoms with Crippen LogP contribution in [0.2, 0.25) is 39.3 Å². The molecule has 0 aliphatic heterocycles. The summed E-state index contributed by atoms with van der Waals surface area (Å²) in [5.41, 5.74) is 0. The van der Waals surface area contributed by atoms with Crippen molar-refractivity contribution >= 4 is 26.8 Å². The van der Waals surface area contributed by atoms with E-state index in [0.29, 0.717) is 0 Å². The molecule has 0 aromatic carbocycles. The number of nitrogens with one attached hydrogen (secondary N) is 2. The molecule has 0 aliphatic rings. The lowest BCUT2D eigenvalue weighted by Crippen LogP contribution is -2.38.